The molecule has 86 valence electrons. The average molecular weight is 224 g/mol. The van der Waals surface area contributed by atoms with Gasteiger partial charge in [-0.25, -0.2) is 0 Å². The Morgan fingerprint density at radius 3 is 1.93 bits per heavy atom. The van der Waals surface area contributed by atoms with Crippen molar-refractivity contribution in [2.45, 2.75) is 65.2 Å². The van der Waals surface area contributed by atoms with E-state index in [1.807, 2.05) is 0 Å². The number of esters is 1. The summed E-state index contributed by atoms with van der Waals surface area (Å²) in [5.41, 5.74) is 0. The average Bonchev–Trinajstić information content (AvgIpc) is 2.15. The summed E-state index contributed by atoms with van der Waals surface area (Å²) < 4.78 is 4.85. The molecule has 0 bridgehead atoms. The Morgan fingerprint density at radius 1 is 1.00 bits per heavy atom. The molecule has 0 aliphatic carbocycles. The van der Waals surface area contributed by atoms with Gasteiger partial charge in [0.1, 0.15) is 0 Å². The predicted octanol–water partition coefficient (Wildman–Crippen LogP) is 0.807. The van der Waals surface area contributed by atoms with Crippen molar-refractivity contribution in [3.05, 3.63) is 0 Å². The summed E-state index contributed by atoms with van der Waals surface area (Å²) in [6.45, 7) is 4.30. The molecule has 0 spiro atoms. The van der Waals surface area contributed by atoms with E-state index in [2.05, 4.69) is 6.92 Å². The topological polar surface area (TPSA) is 26.3 Å². The molecular formula is C12H25NaO2. The molecule has 0 saturated heterocycles. The zero-order valence-electron chi connectivity index (χ0n) is 11.7. The SMILES string of the molecule is CCCCCCCCCCOC(C)=O.[H-].[Na+]. The summed E-state index contributed by atoms with van der Waals surface area (Å²) in [4.78, 5) is 10.4. The van der Waals surface area contributed by atoms with Gasteiger partial charge in [-0.3, -0.25) is 4.79 Å². The Kier molecular flexibility index (Phi) is 17.2. The molecule has 0 heterocycles. The second kappa shape index (κ2) is 14.5. The largest absolute Gasteiger partial charge is 1.00 e. The fourth-order valence-electron chi connectivity index (χ4n) is 1.45. The first-order valence-electron chi connectivity index (χ1n) is 5.90. The zero-order chi connectivity index (χ0) is 10.6. The minimum Gasteiger partial charge on any atom is -1.00 e. The van der Waals surface area contributed by atoms with E-state index < -0.39 is 0 Å². The van der Waals surface area contributed by atoms with Crippen LogP contribution in [0.2, 0.25) is 0 Å². The third kappa shape index (κ3) is 17.1. The van der Waals surface area contributed by atoms with Gasteiger partial charge in [0, 0.05) is 6.92 Å². The molecule has 0 unspecified atom stereocenters. The summed E-state index contributed by atoms with van der Waals surface area (Å²) in [6, 6.07) is 0. The van der Waals surface area contributed by atoms with Crippen LogP contribution in [0.15, 0.2) is 0 Å². The monoisotopic (exact) mass is 224 g/mol. The standard InChI is InChI=1S/C12H24O2.Na.H/c1-3-4-5-6-7-8-9-10-11-14-12(2)13;;/h3-11H2,1-2H3;;/q;+1;-1. The van der Waals surface area contributed by atoms with Crippen molar-refractivity contribution >= 4 is 5.97 Å². The van der Waals surface area contributed by atoms with Crippen molar-refractivity contribution in [2.24, 2.45) is 0 Å². The molecular weight excluding hydrogens is 199 g/mol. The second-order valence-corrected chi connectivity index (χ2v) is 3.81. The summed E-state index contributed by atoms with van der Waals surface area (Å²) in [5.74, 6) is -0.159. The van der Waals surface area contributed by atoms with Gasteiger partial charge in [0.05, 0.1) is 6.61 Å². The molecule has 0 aromatic rings. The van der Waals surface area contributed by atoms with Gasteiger partial charge in [0.2, 0.25) is 0 Å². The molecule has 0 saturated carbocycles. The summed E-state index contributed by atoms with van der Waals surface area (Å²) in [6.07, 6.45) is 10.2. The molecule has 0 aliphatic heterocycles. The number of ether oxygens (including phenoxy) is 1. The van der Waals surface area contributed by atoms with Crippen LogP contribution in [0.3, 0.4) is 0 Å². The Bertz CT molecular complexity index is 143. The molecule has 0 amide bonds. The second-order valence-electron chi connectivity index (χ2n) is 3.81. The van der Waals surface area contributed by atoms with E-state index in [-0.39, 0.29) is 37.0 Å². The van der Waals surface area contributed by atoms with Crippen molar-refractivity contribution in [1.82, 2.24) is 0 Å². The maximum Gasteiger partial charge on any atom is 1.00 e. The van der Waals surface area contributed by atoms with E-state index in [9.17, 15) is 4.79 Å². The first kappa shape index (κ1) is 17.9. The fourth-order valence-corrected chi connectivity index (χ4v) is 1.45. The zero-order valence-corrected chi connectivity index (χ0v) is 12.7. The van der Waals surface area contributed by atoms with Gasteiger partial charge in [-0.2, -0.15) is 0 Å². The first-order valence-corrected chi connectivity index (χ1v) is 5.90. The molecule has 0 aromatic heterocycles. The van der Waals surface area contributed by atoms with E-state index in [4.69, 9.17) is 4.74 Å². The predicted molar refractivity (Wildman–Crippen MR) is 60.4 cm³/mol. The van der Waals surface area contributed by atoms with E-state index in [1.165, 1.54) is 51.9 Å². The normalized spacial score (nSPS) is 9.47. The number of carbonyl (C=O) groups excluding carboxylic acids is 1. The van der Waals surface area contributed by atoms with Crippen LogP contribution in [0, 0.1) is 0 Å². The van der Waals surface area contributed by atoms with Gasteiger partial charge >= 0.3 is 35.5 Å². The number of hydrogen-bond donors (Lipinski definition) is 0. The van der Waals surface area contributed by atoms with Crippen LogP contribution in [-0.4, -0.2) is 12.6 Å². The number of carbonyl (C=O) groups is 1. The van der Waals surface area contributed by atoms with Crippen LogP contribution in [0.4, 0.5) is 0 Å². The van der Waals surface area contributed by atoms with Gasteiger partial charge in [0.15, 0.2) is 0 Å². The minimum atomic E-state index is -0.159. The van der Waals surface area contributed by atoms with E-state index in [0.717, 1.165) is 6.42 Å². The third-order valence-electron chi connectivity index (χ3n) is 2.30. The summed E-state index contributed by atoms with van der Waals surface area (Å²) >= 11 is 0. The molecule has 0 atom stereocenters. The Morgan fingerprint density at radius 2 is 1.47 bits per heavy atom. The van der Waals surface area contributed by atoms with Crippen molar-refractivity contribution < 1.29 is 40.5 Å². The number of unbranched alkanes of at least 4 members (excludes halogenated alkanes) is 7. The molecule has 15 heavy (non-hydrogen) atoms. The van der Waals surface area contributed by atoms with Crippen LogP contribution >= 0.6 is 0 Å². The van der Waals surface area contributed by atoms with Crippen molar-refractivity contribution in [2.75, 3.05) is 6.61 Å². The molecule has 0 fully saturated rings. The molecule has 3 heteroatoms. The van der Waals surface area contributed by atoms with Crippen molar-refractivity contribution in [3.8, 4) is 0 Å². The molecule has 0 N–H and O–H groups in total. The Hall–Kier alpha value is 0.470. The van der Waals surface area contributed by atoms with Crippen LogP contribution in [-0.2, 0) is 9.53 Å². The van der Waals surface area contributed by atoms with E-state index >= 15 is 0 Å². The maximum absolute atomic E-state index is 10.4. The van der Waals surface area contributed by atoms with Gasteiger partial charge < -0.3 is 6.16 Å². The fraction of sp³-hybridized carbons (Fsp3) is 0.917. The van der Waals surface area contributed by atoms with Crippen LogP contribution in [0.1, 0.15) is 66.6 Å². The number of rotatable bonds is 9. The summed E-state index contributed by atoms with van der Waals surface area (Å²) in [7, 11) is 0. The maximum atomic E-state index is 10.4. The number of hydrogen-bond acceptors (Lipinski definition) is 2. The van der Waals surface area contributed by atoms with Gasteiger partial charge in [-0.1, -0.05) is 51.9 Å². The third-order valence-corrected chi connectivity index (χ3v) is 2.30. The van der Waals surface area contributed by atoms with Crippen molar-refractivity contribution in [3.63, 3.8) is 0 Å². The first-order chi connectivity index (χ1) is 6.77. The Balaban J connectivity index is -0.000000845. The van der Waals surface area contributed by atoms with Crippen LogP contribution in [0.5, 0.6) is 0 Å². The van der Waals surface area contributed by atoms with Crippen LogP contribution < -0.4 is 29.6 Å². The van der Waals surface area contributed by atoms with Gasteiger partial charge in [-0.05, 0) is 6.42 Å². The van der Waals surface area contributed by atoms with Crippen LogP contribution in [0.25, 0.3) is 0 Å². The smallest absolute Gasteiger partial charge is 1.00 e. The quantitative estimate of drug-likeness (QED) is 0.329. The molecule has 0 aromatic carbocycles. The summed E-state index contributed by atoms with van der Waals surface area (Å²) in [5, 5.41) is 0. The minimum absolute atomic E-state index is 0. The van der Waals surface area contributed by atoms with Gasteiger partial charge in [-0.15, -0.1) is 0 Å². The molecule has 0 radical (unpaired) electrons. The molecule has 2 nitrogen and oxygen atoms in total. The van der Waals surface area contributed by atoms with E-state index in [0.29, 0.717) is 6.61 Å². The molecule has 0 rings (SSSR count). The van der Waals surface area contributed by atoms with Crippen molar-refractivity contribution in [1.29, 1.82) is 0 Å². The molecule has 0 aliphatic rings. The Labute approximate surface area is 118 Å². The van der Waals surface area contributed by atoms with E-state index in [1.54, 1.807) is 0 Å². The van der Waals surface area contributed by atoms with Gasteiger partial charge in [0.25, 0.3) is 0 Å².